The van der Waals surface area contributed by atoms with Gasteiger partial charge >= 0.3 is 6.18 Å². The number of halogens is 3. The van der Waals surface area contributed by atoms with Crippen molar-refractivity contribution < 1.29 is 33.2 Å². The lowest BCUT2D eigenvalue weighted by atomic mass is 10.2. The van der Waals surface area contributed by atoms with Gasteiger partial charge in [0.2, 0.25) is 16.0 Å². The first-order valence-corrected chi connectivity index (χ1v) is 11.3. The van der Waals surface area contributed by atoms with E-state index in [2.05, 4.69) is 30.6 Å². The molecule has 2 heterocycles. The standard InChI is InChI=1S/C20H21F3N8O3S/c1-24-18(32)12-4-6-13(7-5-12)29-19-28-10-14(20(21,22)23)16(30-19)27-11-15-17(26-9-8-25-15)31(2)35(3,33)34/h4-10H,11H2,1-3H3,(H,24,32)(H2,27,28,29,30)/i1D3,4D,5D. The molecular formula is C20H21F3N8O3S. The lowest BCUT2D eigenvalue weighted by molar-refractivity contribution is -0.137. The number of rotatable bonds is 8. The average Bonchev–Trinajstić information content (AvgIpc) is 2.79. The number of alkyl halides is 3. The molecule has 15 heteroatoms. The van der Waals surface area contributed by atoms with Crippen molar-refractivity contribution in [2.45, 2.75) is 12.7 Å². The highest BCUT2D eigenvalue weighted by Crippen LogP contribution is 2.34. The summed E-state index contributed by atoms with van der Waals surface area (Å²) in [5, 5.41) is 6.68. The van der Waals surface area contributed by atoms with E-state index >= 15 is 0 Å². The molecule has 0 atom stereocenters. The van der Waals surface area contributed by atoms with Crippen molar-refractivity contribution in [3.63, 3.8) is 0 Å². The van der Waals surface area contributed by atoms with Crippen molar-refractivity contribution in [1.29, 1.82) is 0 Å². The van der Waals surface area contributed by atoms with Gasteiger partial charge in [-0.15, -0.1) is 0 Å². The lowest BCUT2D eigenvalue weighted by Gasteiger charge is -2.19. The van der Waals surface area contributed by atoms with E-state index in [0.29, 0.717) is 6.20 Å². The topological polar surface area (TPSA) is 142 Å². The molecule has 0 radical (unpaired) electrons. The summed E-state index contributed by atoms with van der Waals surface area (Å²) in [7, 11) is -2.55. The molecule has 0 saturated heterocycles. The second kappa shape index (κ2) is 10.1. The monoisotopic (exact) mass is 515 g/mol. The van der Waals surface area contributed by atoms with Gasteiger partial charge in [0.15, 0.2) is 5.82 Å². The Kier molecular flexibility index (Phi) is 5.57. The lowest BCUT2D eigenvalue weighted by Crippen LogP contribution is -2.27. The van der Waals surface area contributed by atoms with Gasteiger partial charge in [-0.05, 0) is 24.2 Å². The largest absolute Gasteiger partial charge is 0.421 e. The first-order valence-electron chi connectivity index (χ1n) is 12.0. The van der Waals surface area contributed by atoms with Gasteiger partial charge in [0.05, 0.1) is 15.5 Å². The van der Waals surface area contributed by atoms with Crippen LogP contribution in [0.15, 0.2) is 42.8 Å². The van der Waals surface area contributed by atoms with Crippen LogP contribution < -0.4 is 20.3 Å². The van der Waals surface area contributed by atoms with E-state index in [9.17, 15) is 26.4 Å². The SMILES string of the molecule is [2H]c1cc(Nc2ncc(C(F)(F)F)c(NCc3nccnc3N(C)S(C)(=O)=O)n2)cc([2H])c1C(=O)NC([2H])([2H])[2H]. The molecule has 3 rings (SSSR count). The van der Waals surface area contributed by atoms with Crippen molar-refractivity contribution in [2.75, 3.05) is 35.2 Å². The van der Waals surface area contributed by atoms with Crippen LogP contribution in [-0.2, 0) is 22.7 Å². The van der Waals surface area contributed by atoms with Gasteiger partial charge in [0.25, 0.3) is 5.91 Å². The van der Waals surface area contributed by atoms with Gasteiger partial charge < -0.3 is 16.0 Å². The van der Waals surface area contributed by atoms with E-state index in [4.69, 9.17) is 6.85 Å². The summed E-state index contributed by atoms with van der Waals surface area (Å²) in [6.45, 7) is -3.26. The highest BCUT2D eigenvalue weighted by atomic mass is 32.2. The molecule has 2 aromatic heterocycles. The number of hydrogen-bond donors (Lipinski definition) is 3. The third-order valence-corrected chi connectivity index (χ3v) is 5.57. The molecule has 1 amide bonds. The number of nitrogens with one attached hydrogen (secondary N) is 3. The van der Waals surface area contributed by atoms with Crippen LogP contribution in [0.5, 0.6) is 0 Å². The van der Waals surface area contributed by atoms with Crippen LogP contribution >= 0.6 is 0 Å². The zero-order valence-corrected chi connectivity index (χ0v) is 18.9. The minimum Gasteiger partial charge on any atom is -0.364 e. The number of amides is 1. The Bertz CT molecular complexity index is 1520. The van der Waals surface area contributed by atoms with Gasteiger partial charge in [-0.3, -0.25) is 14.1 Å². The van der Waals surface area contributed by atoms with Crippen LogP contribution in [0.2, 0.25) is 0 Å². The second-order valence-corrected chi connectivity index (χ2v) is 8.86. The Labute approximate surface area is 205 Å². The van der Waals surface area contributed by atoms with Crippen molar-refractivity contribution in [2.24, 2.45) is 0 Å². The zero-order valence-electron chi connectivity index (χ0n) is 23.1. The summed E-state index contributed by atoms with van der Waals surface area (Å²) in [6, 6.07) is 1.00. The van der Waals surface area contributed by atoms with Crippen LogP contribution in [-0.4, -0.2) is 54.5 Å². The summed E-state index contributed by atoms with van der Waals surface area (Å²) in [4.78, 5) is 27.5. The number of nitrogens with zero attached hydrogens (tertiary/aromatic N) is 5. The molecular weight excluding hydrogens is 489 g/mol. The minimum atomic E-state index is -4.88. The van der Waals surface area contributed by atoms with Crippen molar-refractivity contribution in [1.82, 2.24) is 25.3 Å². The maximum absolute atomic E-state index is 13.7. The van der Waals surface area contributed by atoms with Gasteiger partial charge in [0.1, 0.15) is 17.1 Å². The molecule has 35 heavy (non-hydrogen) atoms. The molecule has 0 unspecified atom stereocenters. The van der Waals surface area contributed by atoms with E-state index in [1.165, 1.54) is 19.4 Å². The summed E-state index contributed by atoms with van der Waals surface area (Å²) < 4.78 is 103. The molecule has 0 aliphatic heterocycles. The fourth-order valence-corrected chi connectivity index (χ4v) is 3.10. The summed E-state index contributed by atoms with van der Waals surface area (Å²) in [5.74, 6) is -2.38. The van der Waals surface area contributed by atoms with Crippen LogP contribution in [0.25, 0.3) is 0 Å². The number of carbonyl (C=O) groups is 1. The Morgan fingerprint density at radius 1 is 1.20 bits per heavy atom. The van der Waals surface area contributed by atoms with Crippen LogP contribution in [0.1, 0.15) is 28.5 Å². The molecule has 0 bridgehead atoms. The summed E-state index contributed by atoms with van der Waals surface area (Å²) >= 11 is 0. The van der Waals surface area contributed by atoms with E-state index in [-0.39, 0.29) is 23.1 Å². The van der Waals surface area contributed by atoms with Gasteiger partial charge in [-0.25, -0.2) is 18.4 Å². The average molecular weight is 516 g/mol. The Morgan fingerprint density at radius 2 is 1.89 bits per heavy atom. The van der Waals surface area contributed by atoms with E-state index < -0.39 is 64.7 Å². The maximum atomic E-state index is 13.7. The number of sulfonamides is 1. The molecule has 0 aliphatic rings. The molecule has 3 N–H and O–H groups in total. The molecule has 186 valence electrons. The smallest absolute Gasteiger partial charge is 0.364 e. The fourth-order valence-electron chi connectivity index (χ4n) is 2.63. The van der Waals surface area contributed by atoms with Gasteiger partial charge in [-0.1, -0.05) is 0 Å². The Balaban J connectivity index is 1.92. The molecule has 0 aliphatic carbocycles. The molecule has 0 fully saturated rings. The van der Waals surface area contributed by atoms with Crippen LogP contribution in [0.4, 0.5) is 36.4 Å². The van der Waals surface area contributed by atoms with Crippen LogP contribution in [0.3, 0.4) is 0 Å². The highest BCUT2D eigenvalue weighted by molar-refractivity contribution is 7.92. The maximum Gasteiger partial charge on any atom is 0.421 e. The Hall–Kier alpha value is -4.01. The fraction of sp³-hybridized carbons (Fsp3) is 0.250. The molecule has 3 aromatic rings. The van der Waals surface area contributed by atoms with Crippen LogP contribution in [0, 0.1) is 0 Å². The molecule has 0 spiro atoms. The molecule has 1 aromatic carbocycles. The quantitative estimate of drug-likeness (QED) is 0.412. The van der Waals surface area contributed by atoms with E-state index in [0.717, 1.165) is 22.7 Å². The predicted octanol–water partition coefficient (Wildman–Crippen LogP) is 2.40. The normalized spacial score (nSPS) is 14.0. The predicted molar refractivity (Wildman–Crippen MR) is 123 cm³/mol. The van der Waals surface area contributed by atoms with Gasteiger partial charge in [-0.2, -0.15) is 18.2 Å². The molecule has 0 saturated carbocycles. The number of hydrogen-bond acceptors (Lipinski definition) is 9. The summed E-state index contributed by atoms with van der Waals surface area (Å²) in [5.41, 5.74) is -1.83. The van der Waals surface area contributed by atoms with Crippen molar-refractivity contribution in [3.8, 4) is 0 Å². The minimum absolute atomic E-state index is 0.000268. The van der Waals surface area contributed by atoms with Gasteiger partial charge in [0, 0.05) is 48.0 Å². The second-order valence-electron chi connectivity index (χ2n) is 6.85. The first kappa shape index (κ1) is 19.3. The van der Waals surface area contributed by atoms with E-state index in [1.54, 1.807) is 5.32 Å². The Morgan fingerprint density at radius 3 is 2.51 bits per heavy atom. The number of anilines is 4. The third-order valence-electron chi connectivity index (χ3n) is 4.41. The number of carbonyl (C=O) groups excluding carboxylic acids is 1. The number of aromatic nitrogens is 4. The summed E-state index contributed by atoms with van der Waals surface area (Å²) in [6.07, 6.45) is -1.03. The highest BCUT2D eigenvalue weighted by Gasteiger charge is 2.35. The third kappa shape index (κ3) is 6.32. The van der Waals surface area contributed by atoms with E-state index in [1.807, 2.05) is 0 Å². The number of benzene rings is 1. The zero-order chi connectivity index (χ0) is 30.0. The van der Waals surface area contributed by atoms with Crippen molar-refractivity contribution in [3.05, 3.63) is 59.6 Å². The molecule has 11 nitrogen and oxygen atoms in total. The van der Waals surface area contributed by atoms with Crippen molar-refractivity contribution >= 4 is 39.2 Å². The first-order chi connectivity index (χ1) is 18.4.